The van der Waals surface area contributed by atoms with Crippen LogP contribution >= 0.6 is 15.9 Å². The van der Waals surface area contributed by atoms with Crippen molar-refractivity contribution < 1.29 is 23.9 Å². The third-order valence-electron chi connectivity index (χ3n) is 5.20. The zero-order chi connectivity index (χ0) is 24.3. The number of rotatable bonds is 5. The Hall–Kier alpha value is -3.90. The second kappa shape index (κ2) is 9.71. The number of hydrogen-bond donors (Lipinski definition) is 1. The van der Waals surface area contributed by atoms with E-state index < -0.39 is 17.9 Å². The number of carbonyl (C=O) groups is 3. The van der Waals surface area contributed by atoms with Gasteiger partial charge in [-0.1, -0.05) is 36.4 Å². The van der Waals surface area contributed by atoms with Crippen molar-refractivity contribution in [3.05, 3.63) is 86.8 Å². The van der Waals surface area contributed by atoms with Crippen molar-refractivity contribution in [2.24, 2.45) is 5.73 Å². The summed E-state index contributed by atoms with van der Waals surface area (Å²) in [6.45, 7) is 1.36. The second-order valence-electron chi connectivity index (χ2n) is 7.03. The van der Waals surface area contributed by atoms with E-state index in [1.54, 1.807) is 48.5 Å². The minimum absolute atomic E-state index is 0.0134. The summed E-state index contributed by atoms with van der Waals surface area (Å²) in [6.07, 6.45) is 0. The molecule has 2 aromatic carbocycles. The number of halogens is 1. The standard InChI is InChI=1S/C24H20BrN3O5/c1-13(29)15-10-7-11-17(25)20(15)28-21(24(31)33-3)19(23(30)32-2)18(16(12-26)22(28)27)14-8-5-4-6-9-14/h4-11,18H,27H2,1-3H3. The van der Waals surface area contributed by atoms with E-state index in [4.69, 9.17) is 15.2 Å². The van der Waals surface area contributed by atoms with Gasteiger partial charge in [-0.2, -0.15) is 5.26 Å². The van der Waals surface area contributed by atoms with Gasteiger partial charge in [-0.3, -0.25) is 9.69 Å². The number of ketones is 1. The summed E-state index contributed by atoms with van der Waals surface area (Å²) >= 11 is 3.41. The van der Waals surface area contributed by atoms with E-state index in [2.05, 4.69) is 22.0 Å². The molecule has 1 heterocycles. The molecule has 0 saturated carbocycles. The molecule has 1 unspecified atom stereocenters. The van der Waals surface area contributed by atoms with Crippen molar-refractivity contribution in [1.82, 2.24) is 0 Å². The molecule has 168 valence electrons. The van der Waals surface area contributed by atoms with Gasteiger partial charge in [0.15, 0.2) is 5.78 Å². The molecule has 0 amide bonds. The van der Waals surface area contributed by atoms with Crippen LogP contribution in [0.25, 0.3) is 0 Å². The Kier molecular flexibility index (Phi) is 6.99. The monoisotopic (exact) mass is 509 g/mol. The smallest absolute Gasteiger partial charge is 0.355 e. The fourth-order valence-electron chi connectivity index (χ4n) is 3.77. The van der Waals surface area contributed by atoms with Crippen LogP contribution in [-0.2, 0) is 19.1 Å². The number of nitrogens with zero attached hydrogens (tertiary/aromatic N) is 2. The lowest BCUT2D eigenvalue weighted by molar-refractivity contribution is -0.139. The number of ether oxygens (including phenoxy) is 2. The Morgan fingerprint density at radius 1 is 1.03 bits per heavy atom. The second-order valence-corrected chi connectivity index (χ2v) is 7.88. The van der Waals surface area contributed by atoms with Crippen LogP contribution in [0.4, 0.5) is 5.69 Å². The van der Waals surface area contributed by atoms with E-state index in [1.807, 2.05) is 0 Å². The Labute approximate surface area is 199 Å². The SMILES string of the molecule is COC(=O)C1=C(C(=O)OC)N(c2c(Br)cccc2C(C)=O)C(N)=C(C#N)C1c1ccccc1. The molecule has 9 heteroatoms. The third-order valence-corrected chi connectivity index (χ3v) is 5.84. The van der Waals surface area contributed by atoms with Crippen molar-refractivity contribution in [2.75, 3.05) is 19.1 Å². The van der Waals surface area contributed by atoms with Gasteiger partial charge in [0.25, 0.3) is 0 Å². The average molecular weight is 510 g/mol. The first-order valence-electron chi connectivity index (χ1n) is 9.73. The highest BCUT2D eigenvalue weighted by Gasteiger charge is 2.44. The molecule has 0 saturated heterocycles. The molecular formula is C24H20BrN3O5. The van der Waals surface area contributed by atoms with Gasteiger partial charge in [0.1, 0.15) is 11.5 Å². The molecule has 1 atom stereocenters. The Morgan fingerprint density at radius 3 is 2.21 bits per heavy atom. The number of para-hydroxylation sites is 1. The van der Waals surface area contributed by atoms with Crippen LogP contribution in [0.2, 0.25) is 0 Å². The average Bonchev–Trinajstić information content (AvgIpc) is 2.82. The molecule has 0 bridgehead atoms. The molecule has 1 aliphatic rings. The van der Waals surface area contributed by atoms with E-state index >= 15 is 0 Å². The van der Waals surface area contributed by atoms with E-state index in [0.29, 0.717) is 10.0 Å². The van der Waals surface area contributed by atoms with Gasteiger partial charge in [-0.25, -0.2) is 9.59 Å². The minimum Gasteiger partial charge on any atom is -0.466 e. The molecule has 0 fully saturated rings. The Morgan fingerprint density at radius 2 is 1.67 bits per heavy atom. The lowest BCUT2D eigenvalue weighted by Gasteiger charge is -2.37. The molecule has 3 rings (SSSR count). The number of esters is 2. The molecule has 8 nitrogen and oxygen atoms in total. The topological polar surface area (TPSA) is 123 Å². The van der Waals surface area contributed by atoms with Crippen molar-refractivity contribution in [2.45, 2.75) is 12.8 Å². The number of hydrogen-bond acceptors (Lipinski definition) is 8. The van der Waals surface area contributed by atoms with Gasteiger partial charge in [0.05, 0.1) is 43.0 Å². The summed E-state index contributed by atoms with van der Waals surface area (Å²) in [7, 11) is 2.33. The first-order chi connectivity index (χ1) is 15.8. The fraction of sp³-hybridized carbons (Fsp3) is 0.167. The third kappa shape index (κ3) is 4.13. The lowest BCUT2D eigenvalue weighted by atomic mass is 9.80. The molecule has 2 N–H and O–H groups in total. The molecular weight excluding hydrogens is 490 g/mol. The quantitative estimate of drug-likeness (QED) is 0.479. The Balaban J connectivity index is 2.51. The van der Waals surface area contributed by atoms with Crippen molar-refractivity contribution >= 4 is 39.3 Å². The van der Waals surface area contributed by atoms with Crippen LogP contribution in [0.3, 0.4) is 0 Å². The zero-order valence-corrected chi connectivity index (χ0v) is 19.7. The summed E-state index contributed by atoms with van der Waals surface area (Å²) in [5, 5.41) is 10.1. The van der Waals surface area contributed by atoms with Gasteiger partial charge < -0.3 is 15.2 Å². The van der Waals surface area contributed by atoms with E-state index in [1.165, 1.54) is 18.9 Å². The number of nitriles is 1. The van der Waals surface area contributed by atoms with Crippen LogP contribution in [0.1, 0.15) is 28.8 Å². The number of benzene rings is 2. The van der Waals surface area contributed by atoms with Gasteiger partial charge in [0, 0.05) is 10.0 Å². The number of carbonyl (C=O) groups excluding carboxylic acids is 3. The van der Waals surface area contributed by atoms with Crippen molar-refractivity contribution in [3.63, 3.8) is 0 Å². The zero-order valence-electron chi connectivity index (χ0n) is 18.1. The van der Waals surface area contributed by atoms with Crippen LogP contribution in [0, 0.1) is 11.3 Å². The maximum Gasteiger partial charge on any atom is 0.355 e. The number of allylic oxidation sites excluding steroid dienone is 1. The van der Waals surface area contributed by atoms with Crippen molar-refractivity contribution in [1.29, 1.82) is 5.26 Å². The van der Waals surface area contributed by atoms with E-state index in [-0.39, 0.29) is 39.7 Å². The summed E-state index contributed by atoms with van der Waals surface area (Å²) < 4.78 is 10.4. The van der Waals surface area contributed by atoms with Crippen LogP contribution in [0.15, 0.2) is 75.7 Å². The maximum atomic E-state index is 13.1. The van der Waals surface area contributed by atoms with Crippen molar-refractivity contribution in [3.8, 4) is 6.07 Å². The highest BCUT2D eigenvalue weighted by atomic mass is 79.9. The highest BCUT2D eigenvalue weighted by Crippen LogP contribution is 2.45. The minimum atomic E-state index is -0.989. The summed E-state index contributed by atoms with van der Waals surface area (Å²) in [5.41, 5.74) is 7.08. The molecule has 0 aliphatic carbocycles. The summed E-state index contributed by atoms with van der Waals surface area (Å²) in [4.78, 5) is 39.8. The molecule has 0 aromatic heterocycles. The van der Waals surface area contributed by atoms with Crippen LogP contribution in [0.5, 0.6) is 0 Å². The molecule has 2 aromatic rings. The number of anilines is 1. The van der Waals surface area contributed by atoms with Gasteiger partial charge >= 0.3 is 11.9 Å². The summed E-state index contributed by atoms with van der Waals surface area (Å²) in [6, 6.07) is 15.6. The van der Waals surface area contributed by atoms with Gasteiger partial charge in [0.2, 0.25) is 0 Å². The first kappa shape index (κ1) is 23.8. The first-order valence-corrected chi connectivity index (χ1v) is 10.5. The van der Waals surface area contributed by atoms with E-state index in [0.717, 1.165) is 7.11 Å². The fourth-order valence-corrected chi connectivity index (χ4v) is 4.32. The molecule has 0 spiro atoms. The maximum absolute atomic E-state index is 13.1. The van der Waals surface area contributed by atoms with Gasteiger partial charge in [-0.15, -0.1) is 0 Å². The predicted molar refractivity (Wildman–Crippen MR) is 124 cm³/mol. The van der Waals surface area contributed by atoms with E-state index in [9.17, 15) is 19.6 Å². The molecule has 1 aliphatic heterocycles. The largest absolute Gasteiger partial charge is 0.466 e. The normalized spacial score (nSPS) is 15.7. The highest BCUT2D eigenvalue weighted by molar-refractivity contribution is 9.10. The Bertz CT molecular complexity index is 1240. The molecule has 0 radical (unpaired) electrons. The lowest BCUT2D eigenvalue weighted by Crippen LogP contribution is -2.41. The predicted octanol–water partition coefficient (Wildman–Crippen LogP) is 3.55. The van der Waals surface area contributed by atoms with Crippen LogP contribution < -0.4 is 10.6 Å². The summed E-state index contributed by atoms with van der Waals surface area (Å²) in [5.74, 6) is -3.15. The number of Topliss-reactive ketones (excluding diaryl/α,β-unsaturated/α-hetero) is 1. The number of nitrogens with two attached hydrogens (primary N) is 1. The number of methoxy groups -OCH3 is 2. The van der Waals surface area contributed by atoms with Crippen LogP contribution in [-0.4, -0.2) is 31.9 Å². The van der Waals surface area contributed by atoms with Gasteiger partial charge in [-0.05, 0) is 40.5 Å². The molecule has 33 heavy (non-hydrogen) atoms.